The Balaban J connectivity index is 1.94. The maximum Gasteiger partial charge on any atom is 0.320 e. The number of hydrogen-bond acceptors (Lipinski definition) is 5. The van der Waals surface area contributed by atoms with Crippen LogP contribution in [-0.2, 0) is 23.8 Å². The molecule has 1 saturated carbocycles. The molecule has 20 heavy (non-hydrogen) atoms. The Labute approximate surface area is 120 Å². The minimum atomic E-state index is -0.867. The van der Waals surface area contributed by atoms with Gasteiger partial charge < -0.3 is 14.2 Å². The van der Waals surface area contributed by atoms with Crippen molar-refractivity contribution in [1.82, 2.24) is 0 Å². The van der Waals surface area contributed by atoms with Crippen LogP contribution >= 0.6 is 0 Å². The number of ether oxygens (including phenoxy) is 3. The first-order valence-corrected chi connectivity index (χ1v) is 7.44. The number of carbonyl (C=O) groups excluding carboxylic acids is 2. The summed E-state index contributed by atoms with van der Waals surface area (Å²) in [6, 6.07) is 0. The van der Waals surface area contributed by atoms with Crippen molar-refractivity contribution in [3.8, 4) is 0 Å². The molecule has 0 bridgehead atoms. The zero-order valence-electron chi connectivity index (χ0n) is 12.4. The molecule has 114 valence electrons. The molecule has 0 aromatic rings. The summed E-state index contributed by atoms with van der Waals surface area (Å²) in [6.07, 6.45) is 8.17. The van der Waals surface area contributed by atoms with E-state index in [1.165, 1.54) is 33.5 Å². The van der Waals surface area contributed by atoms with Crippen molar-refractivity contribution in [3.63, 3.8) is 0 Å². The second-order valence-electron chi connectivity index (χ2n) is 5.86. The second kappa shape index (κ2) is 6.57. The van der Waals surface area contributed by atoms with Crippen LogP contribution in [0.15, 0.2) is 0 Å². The molecule has 0 radical (unpaired) electrons. The second-order valence-corrected chi connectivity index (χ2v) is 5.86. The third kappa shape index (κ3) is 3.32. The molecule has 1 unspecified atom stereocenters. The van der Waals surface area contributed by atoms with Gasteiger partial charge in [-0.15, -0.1) is 0 Å². The molecule has 1 aliphatic heterocycles. The van der Waals surface area contributed by atoms with Gasteiger partial charge in [0, 0.05) is 0 Å². The van der Waals surface area contributed by atoms with Gasteiger partial charge in [0.1, 0.15) is 0 Å². The molecular formula is C15H24O5. The predicted octanol–water partition coefficient (Wildman–Crippen LogP) is 2.22. The van der Waals surface area contributed by atoms with E-state index >= 15 is 0 Å². The van der Waals surface area contributed by atoms with E-state index in [-0.39, 0.29) is 11.7 Å². The lowest BCUT2D eigenvalue weighted by Gasteiger charge is -2.33. The standard InChI is InChI=1S/C15H24O5/c1-18-13(16)12(14(17)19-2)10-11-6-9-15(20-11)7-4-3-5-8-15/h11-12H,3-10H2,1-2H3. The summed E-state index contributed by atoms with van der Waals surface area (Å²) < 4.78 is 15.6. The van der Waals surface area contributed by atoms with Gasteiger partial charge in [0.25, 0.3) is 0 Å². The van der Waals surface area contributed by atoms with E-state index in [1.807, 2.05) is 0 Å². The fraction of sp³-hybridized carbons (Fsp3) is 0.867. The van der Waals surface area contributed by atoms with Crippen molar-refractivity contribution >= 4 is 11.9 Å². The van der Waals surface area contributed by atoms with E-state index in [0.29, 0.717) is 6.42 Å². The molecule has 0 aromatic carbocycles. The van der Waals surface area contributed by atoms with Crippen LogP contribution in [0.25, 0.3) is 0 Å². The van der Waals surface area contributed by atoms with Gasteiger partial charge in [0.05, 0.1) is 25.9 Å². The molecular weight excluding hydrogens is 260 g/mol. The first kappa shape index (κ1) is 15.3. The summed E-state index contributed by atoms with van der Waals surface area (Å²) in [5.74, 6) is -1.94. The van der Waals surface area contributed by atoms with Gasteiger partial charge >= 0.3 is 11.9 Å². The summed E-state index contributed by atoms with van der Waals surface area (Å²) >= 11 is 0. The highest BCUT2D eigenvalue weighted by molar-refractivity contribution is 5.94. The Kier molecular flexibility index (Phi) is 5.02. The fourth-order valence-electron chi connectivity index (χ4n) is 3.46. The smallest absolute Gasteiger partial charge is 0.320 e. The van der Waals surface area contributed by atoms with Gasteiger partial charge in [0.2, 0.25) is 0 Å². The topological polar surface area (TPSA) is 61.8 Å². The maximum absolute atomic E-state index is 11.7. The zero-order valence-corrected chi connectivity index (χ0v) is 12.4. The highest BCUT2D eigenvalue weighted by Crippen LogP contribution is 2.43. The van der Waals surface area contributed by atoms with Crippen LogP contribution < -0.4 is 0 Å². The number of esters is 2. The molecule has 2 rings (SSSR count). The lowest BCUT2D eigenvalue weighted by molar-refractivity contribution is -0.161. The molecule has 1 saturated heterocycles. The minimum Gasteiger partial charge on any atom is -0.468 e. The first-order chi connectivity index (χ1) is 9.60. The number of methoxy groups -OCH3 is 2. The van der Waals surface area contributed by atoms with Crippen LogP contribution in [0.4, 0.5) is 0 Å². The maximum atomic E-state index is 11.7. The third-order valence-corrected chi connectivity index (χ3v) is 4.57. The van der Waals surface area contributed by atoms with E-state index in [1.54, 1.807) is 0 Å². The normalized spacial score (nSPS) is 24.9. The Bertz CT molecular complexity index is 343. The number of hydrogen-bond donors (Lipinski definition) is 0. The van der Waals surface area contributed by atoms with Crippen molar-refractivity contribution in [3.05, 3.63) is 0 Å². The minimum absolute atomic E-state index is 0.000292. The van der Waals surface area contributed by atoms with E-state index in [4.69, 9.17) is 4.74 Å². The summed E-state index contributed by atoms with van der Waals surface area (Å²) in [6.45, 7) is 0. The Hall–Kier alpha value is -1.10. The van der Waals surface area contributed by atoms with Gasteiger partial charge in [0.15, 0.2) is 5.92 Å². The molecule has 1 aliphatic carbocycles. The lowest BCUT2D eigenvalue weighted by atomic mass is 9.83. The average Bonchev–Trinajstić information content (AvgIpc) is 2.86. The zero-order chi connectivity index (χ0) is 14.6. The van der Waals surface area contributed by atoms with Gasteiger partial charge in [-0.3, -0.25) is 9.59 Å². The van der Waals surface area contributed by atoms with E-state index in [0.717, 1.165) is 25.7 Å². The predicted molar refractivity (Wildman–Crippen MR) is 72.1 cm³/mol. The van der Waals surface area contributed by atoms with E-state index in [2.05, 4.69) is 9.47 Å². The summed E-state index contributed by atoms with van der Waals surface area (Å²) in [5.41, 5.74) is -0.000292. The van der Waals surface area contributed by atoms with Gasteiger partial charge in [-0.05, 0) is 32.1 Å². The highest BCUT2D eigenvalue weighted by Gasteiger charge is 2.43. The van der Waals surface area contributed by atoms with Gasteiger partial charge in [-0.2, -0.15) is 0 Å². The third-order valence-electron chi connectivity index (χ3n) is 4.57. The van der Waals surface area contributed by atoms with Crippen LogP contribution in [0.3, 0.4) is 0 Å². The molecule has 0 N–H and O–H groups in total. The van der Waals surface area contributed by atoms with Crippen LogP contribution in [0.5, 0.6) is 0 Å². The SMILES string of the molecule is COC(=O)C(CC1CCC2(CCCCC2)O1)C(=O)OC. The highest BCUT2D eigenvalue weighted by atomic mass is 16.5. The average molecular weight is 284 g/mol. The molecule has 0 aromatic heterocycles. The summed E-state index contributed by atoms with van der Waals surface area (Å²) in [4.78, 5) is 23.4. The lowest BCUT2D eigenvalue weighted by Crippen LogP contribution is -2.34. The van der Waals surface area contributed by atoms with Crippen LogP contribution in [0.2, 0.25) is 0 Å². The Morgan fingerprint density at radius 3 is 2.25 bits per heavy atom. The largest absolute Gasteiger partial charge is 0.468 e. The summed E-state index contributed by atoms with van der Waals surface area (Å²) in [7, 11) is 2.58. The van der Waals surface area contributed by atoms with Crippen LogP contribution in [0, 0.1) is 5.92 Å². The quantitative estimate of drug-likeness (QED) is 0.585. The first-order valence-electron chi connectivity index (χ1n) is 7.44. The Morgan fingerprint density at radius 2 is 1.70 bits per heavy atom. The molecule has 5 heteroatoms. The van der Waals surface area contributed by atoms with Gasteiger partial charge in [-0.25, -0.2) is 0 Å². The molecule has 0 amide bonds. The molecule has 1 spiro atoms. The number of rotatable bonds is 4. The van der Waals surface area contributed by atoms with Crippen LogP contribution in [-0.4, -0.2) is 37.9 Å². The number of carbonyl (C=O) groups is 2. The van der Waals surface area contributed by atoms with Crippen molar-refractivity contribution in [2.45, 2.75) is 63.1 Å². The van der Waals surface area contributed by atoms with E-state index in [9.17, 15) is 9.59 Å². The van der Waals surface area contributed by atoms with Crippen molar-refractivity contribution in [2.75, 3.05) is 14.2 Å². The Morgan fingerprint density at radius 1 is 1.10 bits per heavy atom. The molecule has 1 atom stereocenters. The summed E-state index contributed by atoms with van der Waals surface area (Å²) in [5, 5.41) is 0. The van der Waals surface area contributed by atoms with E-state index < -0.39 is 17.9 Å². The van der Waals surface area contributed by atoms with Crippen LogP contribution in [0.1, 0.15) is 51.4 Å². The van der Waals surface area contributed by atoms with Crippen molar-refractivity contribution in [2.24, 2.45) is 5.92 Å². The fourth-order valence-corrected chi connectivity index (χ4v) is 3.46. The van der Waals surface area contributed by atoms with Crippen molar-refractivity contribution < 1.29 is 23.8 Å². The molecule has 2 aliphatic rings. The molecule has 2 fully saturated rings. The van der Waals surface area contributed by atoms with Crippen molar-refractivity contribution in [1.29, 1.82) is 0 Å². The monoisotopic (exact) mass is 284 g/mol. The molecule has 1 heterocycles. The molecule has 5 nitrogen and oxygen atoms in total. The van der Waals surface area contributed by atoms with Gasteiger partial charge in [-0.1, -0.05) is 19.3 Å².